The Balaban J connectivity index is 0.000000283. The number of fused-ring (bicyclic) bond motifs is 3. The first kappa shape index (κ1) is 61.1. The molecule has 2 nitrogen and oxygen atoms in total. The van der Waals surface area contributed by atoms with E-state index in [2.05, 4.69) is 89.6 Å². The molecular formula is C56H31BF24N2. The summed E-state index contributed by atoms with van der Waals surface area (Å²) in [5.74, 6) is 0.200. The van der Waals surface area contributed by atoms with Crippen LogP contribution in [0.15, 0.2) is 170 Å². The second kappa shape index (κ2) is 21.3. The highest BCUT2D eigenvalue weighted by atomic mass is 19.4. The van der Waals surface area contributed by atoms with Crippen LogP contribution in [0, 0.1) is 0 Å². The van der Waals surface area contributed by atoms with Gasteiger partial charge in [-0.15, -0.1) is 0 Å². The van der Waals surface area contributed by atoms with Crippen molar-refractivity contribution < 1.29 is 110 Å². The Bertz CT molecular complexity index is 3200. The minimum absolute atomic E-state index is 0.200. The molecule has 0 saturated heterocycles. The van der Waals surface area contributed by atoms with Gasteiger partial charge in [-0.25, -0.2) is 4.98 Å². The minimum Gasteiger partial charge on any atom is -0.248 e. The molecule has 0 radical (unpaired) electrons. The van der Waals surface area contributed by atoms with Crippen LogP contribution in [0.1, 0.15) is 72.8 Å². The van der Waals surface area contributed by atoms with Crippen molar-refractivity contribution in [1.82, 2.24) is 4.98 Å². The van der Waals surface area contributed by atoms with Gasteiger partial charge in [-0.2, -0.15) is 132 Å². The van der Waals surface area contributed by atoms with E-state index in [-0.39, 0.29) is 5.92 Å². The van der Waals surface area contributed by atoms with Crippen LogP contribution in [-0.4, -0.2) is 11.1 Å². The molecule has 0 aliphatic heterocycles. The second-order valence-corrected chi connectivity index (χ2v) is 19.0. The Morgan fingerprint density at radius 2 is 0.602 bits per heavy atom. The van der Waals surface area contributed by atoms with Crippen LogP contribution in [0.25, 0.3) is 11.1 Å². The molecule has 0 bridgehead atoms. The molecule has 83 heavy (non-hydrogen) atoms. The van der Waals surface area contributed by atoms with Gasteiger partial charge in [0, 0.05) is 5.56 Å². The van der Waals surface area contributed by atoms with Gasteiger partial charge >= 0.3 is 49.4 Å². The normalized spacial score (nSPS) is 13.8. The van der Waals surface area contributed by atoms with Crippen molar-refractivity contribution >= 4 is 28.0 Å². The predicted octanol–water partition coefficient (Wildman–Crippen LogP) is 15.8. The van der Waals surface area contributed by atoms with Crippen LogP contribution in [0.2, 0.25) is 0 Å². The van der Waals surface area contributed by atoms with Crippen molar-refractivity contribution in [2.24, 2.45) is 0 Å². The van der Waals surface area contributed by atoms with E-state index in [0.717, 1.165) is 12.2 Å². The first-order valence-corrected chi connectivity index (χ1v) is 23.6. The topological polar surface area (TPSA) is 16.8 Å². The second-order valence-electron chi connectivity index (χ2n) is 19.0. The van der Waals surface area contributed by atoms with E-state index < -0.39 is 195 Å². The fourth-order valence-electron chi connectivity index (χ4n) is 10.0. The number of nitrogens with zero attached hydrogens (tertiary/aromatic N) is 2. The van der Waals surface area contributed by atoms with Crippen LogP contribution < -0.4 is 26.4 Å². The molecule has 0 unspecified atom stereocenters. The van der Waals surface area contributed by atoms with Crippen molar-refractivity contribution in [1.29, 1.82) is 0 Å². The molecule has 436 valence electrons. The van der Waals surface area contributed by atoms with Crippen molar-refractivity contribution in [2.45, 2.75) is 61.9 Å². The van der Waals surface area contributed by atoms with Gasteiger partial charge in [0.15, 0.2) is 18.9 Å². The van der Waals surface area contributed by atoms with Crippen LogP contribution >= 0.6 is 0 Å². The van der Waals surface area contributed by atoms with Gasteiger partial charge in [0.05, 0.1) is 56.6 Å². The summed E-state index contributed by atoms with van der Waals surface area (Å²) in [7, 11) is 0. The van der Waals surface area contributed by atoms with E-state index >= 15 is 0 Å². The van der Waals surface area contributed by atoms with Gasteiger partial charge < -0.3 is 0 Å². The summed E-state index contributed by atoms with van der Waals surface area (Å²) in [6.45, 7) is 0.854. The Morgan fingerprint density at radius 3 is 0.880 bits per heavy atom. The quantitative estimate of drug-likeness (QED) is 0.0883. The van der Waals surface area contributed by atoms with Gasteiger partial charge in [0.2, 0.25) is 0 Å². The molecule has 8 aromatic rings. The molecule has 0 spiro atoms. The molecule has 1 aromatic heterocycles. The summed E-state index contributed by atoms with van der Waals surface area (Å²) in [4.78, 5) is 4.74. The Hall–Kier alpha value is -8.00. The molecule has 27 heteroatoms. The average molecular weight is 1200 g/mol. The lowest BCUT2D eigenvalue weighted by Gasteiger charge is -2.46. The molecular weight excluding hydrogens is 1170 g/mol. The van der Waals surface area contributed by atoms with Gasteiger partial charge in [-0.3, -0.25) is 0 Å². The lowest BCUT2D eigenvalue weighted by Crippen LogP contribution is -2.75. The molecule has 0 saturated carbocycles. The summed E-state index contributed by atoms with van der Waals surface area (Å²) in [5.41, 5.74) is -22.5. The fraction of sp³-hybridized carbons (Fsp3) is 0.179. The summed E-state index contributed by atoms with van der Waals surface area (Å²) >= 11 is 0. The highest BCUT2D eigenvalue weighted by Crippen LogP contribution is 2.47. The summed E-state index contributed by atoms with van der Waals surface area (Å²) in [6, 6.07) is 19.1. The zero-order valence-electron chi connectivity index (χ0n) is 41.0. The molecule has 0 amide bonds. The maximum atomic E-state index is 14.2. The van der Waals surface area contributed by atoms with Crippen molar-refractivity contribution in [2.75, 3.05) is 0 Å². The zero-order valence-corrected chi connectivity index (χ0v) is 41.0. The van der Waals surface area contributed by atoms with E-state index in [0.29, 0.717) is 0 Å². The number of hydrogen-bond donors (Lipinski definition) is 0. The molecule has 7 aromatic carbocycles. The SMILES string of the molecule is FC(F)(F)c1cc([B-](c2cc(C(F)(F)F)cc(C(F)(F)F)c2)(c2cc(C(F)(F)F)cc(C(F)(F)F)c2)c2cc(C(F)(F)F)cc(C(F)(F)F)c2)cc(C(F)(F)F)c1.c1ccc(C[n+]2ccnc(C3c4ccccc4-c4ccccc43)c2)cc1. The van der Waals surface area contributed by atoms with E-state index in [1.807, 2.05) is 12.4 Å². The monoisotopic (exact) mass is 1200 g/mol. The number of halogens is 24. The minimum atomic E-state index is -6.13. The molecule has 1 aliphatic carbocycles. The Labute approximate surface area is 452 Å². The van der Waals surface area contributed by atoms with E-state index in [1.54, 1.807) is 0 Å². The van der Waals surface area contributed by atoms with Crippen LogP contribution in [0.5, 0.6) is 0 Å². The number of benzene rings is 7. The first-order valence-electron chi connectivity index (χ1n) is 23.6. The number of rotatable bonds is 7. The standard InChI is InChI=1S/C32H12BF24.C24H19N2/c34-25(35,36)13-1-14(26(37,38)39)6-21(5-13)33(22-7-15(27(40,41)42)2-16(8-22)28(43,44)45,23-9-17(29(46,47)48)3-18(10-23)30(49,50)51)24-11-19(31(52,53)54)4-20(12-24)32(55,56)57;1-2-8-18(9-3-1)16-26-15-14-25-23(17-26)24-21-12-6-4-10-19(21)20-11-5-7-13-22(20)24/h1-12H;1-15,17,24H,16H2/q-1;+1. The fourth-order valence-corrected chi connectivity index (χ4v) is 10.0. The summed E-state index contributed by atoms with van der Waals surface area (Å²) < 4.78 is 343. The van der Waals surface area contributed by atoms with Gasteiger partial charge in [0.1, 0.15) is 11.8 Å². The lowest BCUT2D eigenvalue weighted by molar-refractivity contribution is -0.689. The molecule has 0 atom stereocenters. The predicted molar refractivity (Wildman–Crippen MR) is 253 cm³/mol. The zero-order chi connectivity index (χ0) is 61.3. The summed E-state index contributed by atoms with van der Waals surface area (Å²) in [6.07, 6.45) is -48.7. The number of aromatic nitrogens is 2. The van der Waals surface area contributed by atoms with Gasteiger partial charge in [-0.1, -0.05) is 127 Å². The largest absolute Gasteiger partial charge is 0.416 e. The highest BCUT2D eigenvalue weighted by molar-refractivity contribution is 7.20. The Kier molecular flexibility index (Phi) is 15.7. The van der Waals surface area contributed by atoms with Crippen LogP contribution in [0.4, 0.5) is 105 Å². The smallest absolute Gasteiger partial charge is 0.248 e. The van der Waals surface area contributed by atoms with Crippen molar-refractivity contribution in [3.63, 3.8) is 0 Å². The maximum Gasteiger partial charge on any atom is 0.416 e. The van der Waals surface area contributed by atoms with Crippen molar-refractivity contribution in [3.05, 3.63) is 237 Å². The van der Waals surface area contributed by atoms with Crippen molar-refractivity contribution in [3.8, 4) is 11.1 Å². The summed E-state index contributed by atoms with van der Waals surface area (Å²) in [5, 5.41) is 0. The number of alkyl halides is 24. The van der Waals surface area contributed by atoms with Gasteiger partial charge in [-0.05, 0) is 46.5 Å². The van der Waals surface area contributed by atoms with Gasteiger partial charge in [0.25, 0.3) is 0 Å². The molecule has 1 aliphatic rings. The maximum absolute atomic E-state index is 14.2. The van der Waals surface area contributed by atoms with Crippen LogP contribution in [-0.2, 0) is 56.0 Å². The number of hydrogen-bond acceptors (Lipinski definition) is 1. The third kappa shape index (κ3) is 13.0. The third-order valence-corrected chi connectivity index (χ3v) is 13.6. The Morgan fingerprint density at radius 1 is 0.337 bits per heavy atom. The van der Waals surface area contributed by atoms with Crippen LogP contribution in [0.3, 0.4) is 0 Å². The van der Waals surface area contributed by atoms with E-state index in [4.69, 9.17) is 4.98 Å². The first-order chi connectivity index (χ1) is 38.2. The molecule has 9 rings (SSSR count). The average Bonchev–Trinajstić information content (AvgIpc) is 1.54. The third-order valence-electron chi connectivity index (χ3n) is 13.6. The molecule has 0 N–H and O–H groups in total. The van der Waals surface area contributed by atoms with E-state index in [9.17, 15) is 105 Å². The molecule has 1 heterocycles. The molecule has 0 fully saturated rings. The lowest BCUT2D eigenvalue weighted by atomic mass is 9.12. The van der Waals surface area contributed by atoms with E-state index in [1.165, 1.54) is 27.8 Å². The highest BCUT2D eigenvalue weighted by Gasteiger charge is 2.47.